The highest BCUT2D eigenvalue weighted by Crippen LogP contribution is 2.38. The number of carboxylic acid groups (broad SMARTS) is 2. The number of morpholine rings is 1. The highest BCUT2D eigenvalue weighted by atomic mass is 19.4. The van der Waals surface area contributed by atoms with E-state index in [-0.39, 0.29) is 18.6 Å². The third-order valence-electron chi connectivity index (χ3n) is 8.26. The van der Waals surface area contributed by atoms with Gasteiger partial charge in [-0.3, -0.25) is 9.69 Å². The van der Waals surface area contributed by atoms with Crippen LogP contribution in [0.4, 0.5) is 26.3 Å². The lowest BCUT2D eigenvalue weighted by atomic mass is 9.83. The van der Waals surface area contributed by atoms with Crippen LogP contribution in [-0.4, -0.2) is 92.0 Å². The molecule has 4 aromatic rings. The molecule has 1 aromatic heterocycles. The van der Waals surface area contributed by atoms with Gasteiger partial charge in [-0.2, -0.15) is 26.3 Å². The molecular weight excluding hydrogens is 686 g/mol. The SMILES string of the molecule is O=C(O)C(F)(F)F.O=C(O)C(F)(F)F.O=C1COC(c2ccccc2)(c2ccccc2)CN1C1CCN(Cc2ccc(-n3ccnc3)cc2)CC1. The van der Waals surface area contributed by atoms with Crippen molar-refractivity contribution in [2.75, 3.05) is 26.2 Å². The van der Waals surface area contributed by atoms with Crippen LogP contribution in [0.2, 0.25) is 0 Å². The Kier molecular flexibility index (Phi) is 12.6. The fourth-order valence-electron chi connectivity index (χ4n) is 5.74. The van der Waals surface area contributed by atoms with E-state index in [4.69, 9.17) is 24.5 Å². The van der Waals surface area contributed by atoms with Crippen molar-refractivity contribution in [3.8, 4) is 5.69 Å². The molecule has 0 saturated carbocycles. The average molecular weight is 721 g/mol. The minimum absolute atomic E-state index is 0.0935. The first-order chi connectivity index (χ1) is 24.1. The Balaban J connectivity index is 0.000000353. The molecule has 1 amide bonds. The lowest BCUT2D eigenvalue weighted by Gasteiger charge is -2.47. The molecule has 0 bridgehead atoms. The second kappa shape index (κ2) is 16.7. The summed E-state index contributed by atoms with van der Waals surface area (Å²) < 4.78 is 71.9. The summed E-state index contributed by atoms with van der Waals surface area (Å²) in [6.07, 6.45) is -2.66. The molecule has 0 spiro atoms. The number of hydrogen-bond donors (Lipinski definition) is 2. The number of piperidine rings is 1. The monoisotopic (exact) mass is 720 g/mol. The number of likely N-dealkylation sites (tertiary alicyclic amines) is 1. The van der Waals surface area contributed by atoms with E-state index in [9.17, 15) is 31.1 Å². The lowest BCUT2D eigenvalue weighted by Crippen LogP contribution is -2.58. The first-order valence-electron chi connectivity index (χ1n) is 15.5. The number of hydrogen-bond acceptors (Lipinski definition) is 6. The highest BCUT2D eigenvalue weighted by Gasteiger charge is 2.45. The summed E-state index contributed by atoms with van der Waals surface area (Å²) in [5, 5.41) is 14.2. The number of halogens is 6. The fourth-order valence-corrected chi connectivity index (χ4v) is 5.74. The van der Waals surface area contributed by atoms with Gasteiger partial charge < -0.3 is 24.4 Å². The van der Waals surface area contributed by atoms with E-state index in [1.165, 1.54) is 5.56 Å². The van der Waals surface area contributed by atoms with E-state index in [1.54, 1.807) is 6.20 Å². The van der Waals surface area contributed by atoms with Gasteiger partial charge in [0.2, 0.25) is 5.91 Å². The smallest absolute Gasteiger partial charge is 0.475 e. The van der Waals surface area contributed by atoms with E-state index in [0.717, 1.165) is 49.3 Å². The molecule has 2 fully saturated rings. The van der Waals surface area contributed by atoms with Crippen LogP contribution in [0.25, 0.3) is 5.69 Å². The quantitative estimate of drug-likeness (QED) is 0.236. The molecule has 2 aliphatic rings. The number of alkyl halides is 6. The minimum Gasteiger partial charge on any atom is -0.475 e. The largest absolute Gasteiger partial charge is 0.490 e. The van der Waals surface area contributed by atoms with Gasteiger partial charge in [0, 0.05) is 43.8 Å². The van der Waals surface area contributed by atoms with Crippen molar-refractivity contribution in [3.05, 3.63) is 120 Å². The maximum Gasteiger partial charge on any atom is 0.490 e. The Labute approximate surface area is 288 Å². The zero-order valence-corrected chi connectivity index (χ0v) is 26.9. The molecule has 272 valence electrons. The summed E-state index contributed by atoms with van der Waals surface area (Å²) in [7, 11) is 0. The maximum absolute atomic E-state index is 13.1. The molecule has 0 aliphatic carbocycles. The van der Waals surface area contributed by atoms with E-state index in [1.807, 2.05) is 53.5 Å². The predicted molar refractivity (Wildman–Crippen MR) is 171 cm³/mol. The third kappa shape index (κ3) is 10.4. The summed E-state index contributed by atoms with van der Waals surface area (Å²) >= 11 is 0. The first-order valence-corrected chi connectivity index (χ1v) is 15.5. The molecule has 3 heterocycles. The van der Waals surface area contributed by atoms with Crippen molar-refractivity contribution in [1.82, 2.24) is 19.4 Å². The lowest BCUT2D eigenvalue weighted by molar-refractivity contribution is -0.193. The van der Waals surface area contributed by atoms with Crippen LogP contribution in [0.15, 0.2) is 104 Å². The van der Waals surface area contributed by atoms with Crippen molar-refractivity contribution in [2.45, 2.75) is 43.4 Å². The molecule has 2 saturated heterocycles. The number of nitrogens with zero attached hydrogens (tertiary/aromatic N) is 4. The second-order valence-corrected chi connectivity index (χ2v) is 11.6. The minimum atomic E-state index is -5.08. The number of benzene rings is 3. The van der Waals surface area contributed by atoms with Crippen molar-refractivity contribution < 1.29 is 55.7 Å². The molecule has 10 nitrogen and oxygen atoms in total. The van der Waals surface area contributed by atoms with E-state index < -0.39 is 29.9 Å². The zero-order chi connectivity index (χ0) is 37.2. The number of carboxylic acids is 2. The van der Waals surface area contributed by atoms with Crippen LogP contribution in [0.3, 0.4) is 0 Å². The van der Waals surface area contributed by atoms with Crippen LogP contribution >= 0.6 is 0 Å². The van der Waals surface area contributed by atoms with Crippen LogP contribution < -0.4 is 0 Å². The number of ether oxygens (including phenoxy) is 1. The number of carbonyl (C=O) groups is 3. The first kappa shape index (κ1) is 38.6. The summed E-state index contributed by atoms with van der Waals surface area (Å²) in [5.74, 6) is -5.42. The average Bonchev–Trinajstić information content (AvgIpc) is 3.65. The van der Waals surface area contributed by atoms with Gasteiger partial charge in [-0.1, -0.05) is 72.8 Å². The molecule has 0 unspecified atom stereocenters. The van der Waals surface area contributed by atoms with Gasteiger partial charge in [0.05, 0.1) is 12.9 Å². The molecule has 0 radical (unpaired) electrons. The summed E-state index contributed by atoms with van der Waals surface area (Å²) in [6, 6.07) is 29.6. The highest BCUT2D eigenvalue weighted by molar-refractivity contribution is 5.79. The van der Waals surface area contributed by atoms with Crippen molar-refractivity contribution in [3.63, 3.8) is 0 Å². The van der Waals surface area contributed by atoms with Crippen molar-refractivity contribution in [2.24, 2.45) is 0 Å². The summed E-state index contributed by atoms with van der Waals surface area (Å²) in [5.41, 5.74) is 3.96. The van der Waals surface area contributed by atoms with Crippen LogP contribution in [0.1, 0.15) is 29.5 Å². The van der Waals surface area contributed by atoms with E-state index >= 15 is 0 Å². The van der Waals surface area contributed by atoms with Crippen molar-refractivity contribution in [1.29, 1.82) is 0 Å². The number of imidazole rings is 1. The Morgan fingerprint density at radius 3 is 1.73 bits per heavy atom. The Morgan fingerprint density at radius 2 is 1.29 bits per heavy atom. The number of aromatic nitrogens is 2. The number of amides is 1. The summed E-state index contributed by atoms with van der Waals surface area (Å²) in [6.45, 7) is 3.52. The van der Waals surface area contributed by atoms with Gasteiger partial charge in [-0.15, -0.1) is 0 Å². The van der Waals surface area contributed by atoms with Crippen molar-refractivity contribution >= 4 is 17.8 Å². The second-order valence-electron chi connectivity index (χ2n) is 11.6. The topological polar surface area (TPSA) is 125 Å². The normalized spacial score (nSPS) is 16.7. The van der Waals surface area contributed by atoms with Crippen LogP contribution in [0, 0.1) is 0 Å². The van der Waals surface area contributed by atoms with Gasteiger partial charge in [-0.25, -0.2) is 14.6 Å². The van der Waals surface area contributed by atoms with Crippen LogP contribution in [-0.2, 0) is 31.3 Å². The maximum atomic E-state index is 13.1. The van der Waals surface area contributed by atoms with Gasteiger partial charge in [0.25, 0.3) is 0 Å². The number of rotatable bonds is 6. The van der Waals surface area contributed by atoms with Gasteiger partial charge in [-0.05, 0) is 41.7 Å². The Bertz CT molecular complexity index is 1650. The zero-order valence-electron chi connectivity index (χ0n) is 26.9. The Hall–Kier alpha value is -5.22. The number of carbonyl (C=O) groups excluding carboxylic acids is 1. The number of aliphatic carboxylic acids is 2. The van der Waals surface area contributed by atoms with Gasteiger partial charge >= 0.3 is 24.3 Å². The molecule has 3 aromatic carbocycles. The molecule has 2 aliphatic heterocycles. The molecule has 51 heavy (non-hydrogen) atoms. The van der Waals surface area contributed by atoms with Gasteiger partial charge in [0.1, 0.15) is 12.2 Å². The van der Waals surface area contributed by atoms with Crippen LogP contribution in [0.5, 0.6) is 0 Å². The molecule has 0 atom stereocenters. The molecule has 2 N–H and O–H groups in total. The van der Waals surface area contributed by atoms with Gasteiger partial charge in [0.15, 0.2) is 0 Å². The summed E-state index contributed by atoms with van der Waals surface area (Å²) in [4.78, 5) is 39.6. The Morgan fingerprint density at radius 1 is 0.804 bits per heavy atom. The van der Waals surface area contributed by atoms with E-state index in [0.29, 0.717) is 6.54 Å². The standard InChI is InChI=1S/C31H32N4O2.2C2HF3O2/c36-30-22-37-31(26-7-3-1-4-8-26,27-9-5-2-6-10-27)23-35(30)29-15-18-33(19-16-29)21-25-11-13-28(14-12-25)34-20-17-32-24-34;2*3-2(4,5)1(6)7/h1-14,17,20,24,29H,15-16,18-19,21-23H2;2*(H,6,7). The predicted octanol–water partition coefficient (Wildman–Crippen LogP) is 5.91. The third-order valence-corrected chi connectivity index (χ3v) is 8.26. The molecule has 16 heteroatoms. The van der Waals surface area contributed by atoms with E-state index in [2.05, 4.69) is 63.3 Å². The fraction of sp³-hybridized carbons (Fsp3) is 0.314. The molecule has 6 rings (SSSR count). The molecular formula is C35H34F6N4O6.